The van der Waals surface area contributed by atoms with Crippen molar-refractivity contribution in [1.29, 1.82) is 0 Å². The molecule has 1 aromatic carbocycles. The quantitative estimate of drug-likeness (QED) is 0.808. The highest BCUT2D eigenvalue weighted by Gasteiger charge is 2.18. The van der Waals surface area contributed by atoms with Crippen molar-refractivity contribution >= 4 is 29.0 Å². The molecule has 0 N–H and O–H groups in total. The molecule has 0 aliphatic heterocycles. The highest BCUT2D eigenvalue weighted by molar-refractivity contribution is 6.42. The molecular weight excluding hydrogens is 285 g/mol. The second kappa shape index (κ2) is 5.72. The number of Topliss-reactive ketones (excluding diaryl/α,β-unsaturated/α-hetero) is 1. The monoisotopic (exact) mass is 297 g/mol. The molecule has 0 spiro atoms. The lowest BCUT2D eigenvalue weighted by molar-refractivity contribution is 0.0982. The first kappa shape index (κ1) is 14.0. The van der Waals surface area contributed by atoms with E-state index in [0.29, 0.717) is 28.6 Å². The Bertz CT molecular complexity index is 622. The van der Waals surface area contributed by atoms with Crippen molar-refractivity contribution in [2.45, 2.75) is 26.7 Å². The fourth-order valence-electron chi connectivity index (χ4n) is 1.83. The molecule has 0 saturated carbocycles. The van der Waals surface area contributed by atoms with Gasteiger partial charge in [-0.05, 0) is 24.6 Å². The van der Waals surface area contributed by atoms with Crippen LogP contribution in [0.15, 0.2) is 18.2 Å². The van der Waals surface area contributed by atoms with Crippen LogP contribution >= 0.6 is 23.2 Å². The van der Waals surface area contributed by atoms with Gasteiger partial charge < -0.3 is 0 Å². The Morgan fingerprint density at radius 2 is 2.00 bits per heavy atom. The minimum absolute atomic E-state index is 0.0110. The summed E-state index contributed by atoms with van der Waals surface area (Å²) in [6.07, 6.45) is 1.07. The third-order valence-electron chi connectivity index (χ3n) is 2.83. The Kier molecular flexibility index (Phi) is 4.22. The molecule has 0 amide bonds. The predicted octanol–water partition coefficient (Wildman–Crippen LogP) is 3.73. The third kappa shape index (κ3) is 2.65. The molecule has 0 unspecified atom stereocenters. The fourth-order valence-corrected chi connectivity index (χ4v) is 2.12. The normalized spacial score (nSPS) is 10.7. The van der Waals surface area contributed by atoms with Crippen LogP contribution in [0.5, 0.6) is 0 Å². The zero-order chi connectivity index (χ0) is 14.0. The predicted molar refractivity (Wildman–Crippen MR) is 75.4 cm³/mol. The maximum absolute atomic E-state index is 11.8. The van der Waals surface area contributed by atoms with Gasteiger partial charge in [0.2, 0.25) is 0 Å². The van der Waals surface area contributed by atoms with Gasteiger partial charge in [0.25, 0.3) is 0 Å². The summed E-state index contributed by atoms with van der Waals surface area (Å²) in [6, 6.07) is 5.20. The number of carbonyl (C=O) groups is 1. The number of aromatic nitrogens is 3. The Morgan fingerprint density at radius 1 is 1.26 bits per heavy atom. The first-order valence-corrected chi connectivity index (χ1v) is 6.77. The summed E-state index contributed by atoms with van der Waals surface area (Å²) in [4.78, 5) is 11.8. The molecule has 1 aromatic heterocycles. The number of carbonyl (C=O) groups excluding carboxylic acids is 1. The molecule has 0 saturated heterocycles. The summed E-state index contributed by atoms with van der Waals surface area (Å²) >= 11 is 11.9. The van der Waals surface area contributed by atoms with Crippen molar-refractivity contribution in [1.82, 2.24) is 15.0 Å². The van der Waals surface area contributed by atoms with E-state index in [2.05, 4.69) is 10.3 Å². The first-order valence-electron chi connectivity index (χ1n) is 6.01. The zero-order valence-electron chi connectivity index (χ0n) is 10.7. The average molecular weight is 298 g/mol. The molecular formula is C13H13Cl2N3O. The molecule has 100 valence electrons. The number of nitrogens with zero attached hydrogens (tertiary/aromatic N) is 3. The van der Waals surface area contributed by atoms with Gasteiger partial charge in [0.15, 0.2) is 11.5 Å². The van der Waals surface area contributed by atoms with Crippen LogP contribution in [0.3, 0.4) is 0 Å². The zero-order valence-corrected chi connectivity index (χ0v) is 12.2. The van der Waals surface area contributed by atoms with E-state index in [0.717, 1.165) is 11.4 Å². The largest absolute Gasteiger partial charge is 0.292 e. The lowest BCUT2D eigenvalue weighted by Gasteiger charge is -2.06. The summed E-state index contributed by atoms with van der Waals surface area (Å²) in [5.74, 6) is -0.0110. The molecule has 4 nitrogen and oxygen atoms in total. The van der Waals surface area contributed by atoms with Crippen LogP contribution in [0, 0.1) is 0 Å². The van der Waals surface area contributed by atoms with Crippen molar-refractivity contribution in [2.75, 3.05) is 0 Å². The minimum atomic E-state index is -0.0110. The Labute approximate surface area is 121 Å². The van der Waals surface area contributed by atoms with Crippen molar-refractivity contribution < 1.29 is 4.79 Å². The number of hydrogen-bond donors (Lipinski definition) is 0. The maximum Gasteiger partial charge on any atom is 0.184 e. The van der Waals surface area contributed by atoms with Crippen LogP contribution in [0.2, 0.25) is 10.0 Å². The van der Waals surface area contributed by atoms with Gasteiger partial charge in [-0.3, -0.25) is 4.79 Å². The summed E-state index contributed by atoms with van der Waals surface area (Å²) in [5, 5.41) is 8.94. The van der Waals surface area contributed by atoms with Crippen LogP contribution in [-0.2, 0) is 6.42 Å². The van der Waals surface area contributed by atoms with Crippen LogP contribution in [0.1, 0.15) is 36.5 Å². The third-order valence-corrected chi connectivity index (χ3v) is 3.57. The smallest absolute Gasteiger partial charge is 0.184 e. The second-order valence-electron chi connectivity index (χ2n) is 4.03. The van der Waals surface area contributed by atoms with Crippen LogP contribution in [0.4, 0.5) is 0 Å². The number of ketones is 1. The van der Waals surface area contributed by atoms with Gasteiger partial charge in [0.1, 0.15) is 0 Å². The van der Waals surface area contributed by atoms with Crippen molar-refractivity contribution in [3.63, 3.8) is 0 Å². The maximum atomic E-state index is 11.8. The first-order chi connectivity index (χ1) is 9.08. The number of benzene rings is 1. The molecule has 1 heterocycles. The number of halogens is 2. The standard InChI is InChI=1S/C13H13Cl2N3O/c1-3-11-13(12(19)4-2)16-17-18(11)8-5-6-9(14)10(15)7-8/h5-7H,3-4H2,1-2H3. The lowest BCUT2D eigenvalue weighted by Crippen LogP contribution is -2.05. The van der Waals surface area contributed by atoms with E-state index in [4.69, 9.17) is 23.2 Å². The SMILES string of the molecule is CCC(=O)c1nnn(-c2ccc(Cl)c(Cl)c2)c1CC. The Balaban J connectivity index is 2.53. The minimum Gasteiger partial charge on any atom is -0.292 e. The van der Waals surface area contributed by atoms with Gasteiger partial charge in [0.05, 0.1) is 21.4 Å². The molecule has 0 aliphatic carbocycles. The highest BCUT2D eigenvalue weighted by atomic mass is 35.5. The van der Waals surface area contributed by atoms with Crippen molar-refractivity contribution in [3.05, 3.63) is 39.6 Å². The van der Waals surface area contributed by atoms with E-state index in [1.165, 1.54) is 0 Å². The molecule has 6 heteroatoms. The second-order valence-corrected chi connectivity index (χ2v) is 4.84. The summed E-state index contributed by atoms with van der Waals surface area (Å²) < 4.78 is 1.63. The Hall–Kier alpha value is -1.39. The van der Waals surface area contributed by atoms with Crippen molar-refractivity contribution in [3.8, 4) is 5.69 Å². The van der Waals surface area contributed by atoms with Crippen molar-refractivity contribution in [2.24, 2.45) is 0 Å². The summed E-state index contributed by atoms with van der Waals surface area (Å²) in [6.45, 7) is 3.76. The van der Waals surface area contributed by atoms with Crippen LogP contribution in [-0.4, -0.2) is 20.8 Å². The fraction of sp³-hybridized carbons (Fsp3) is 0.308. The molecule has 0 fully saturated rings. The number of hydrogen-bond acceptors (Lipinski definition) is 3. The molecule has 0 aliphatic rings. The Morgan fingerprint density at radius 3 is 2.58 bits per heavy atom. The van der Waals surface area contributed by atoms with Crippen LogP contribution in [0.25, 0.3) is 5.69 Å². The molecule has 0 radical (unpaired) electrons. The molecule has 19 heavy (non-hydrogen) atoms. The average Bonchev–Trinajstić information content (AvgIpc) is 2.84. The van der Waals surface area contributed by atoms with E-state index in [1.807, 2.05) is 6.92 Å². The molecule has 2 rings (SSSR count). The van der Waals surface area contributed by atoms with E-state index in [-0.39, 0.29) is 5.78 Å². The lowest BCUT2D eigenvalue weighted by atomic mass is 10.1. The van der Waals surface area contributed by atoms with Crippen LogP contribution < -0.4 is 0 Å². The van der Waals surface area contributed by atoms with Gasteiger partial charge in [-0.25, -0.2) is 4.68 Å². The van der Waals surface area contributed by atoms with E-state index in [1.54, 1.807) is 29.8 Å². The summed E-state index contributed by atoms with van der Waals surface area (Å²) in [5.41, 5.74) is 1.95. The molecule has 0 atom stereocenters. The molecule has 2 aromatic rings. The van der Waals surface area contributed by atoms with Gasteiger partial charge in [-0.2, -0.15) is 0 Å². The van der Waals surface area contributed by atoms with E-state index >= 15 is 0 Å². The van der Waals surface area contributed by atoms with Gasteiger partial charge in [-0.1, -0.05) is 42.3 Å². The topological polar surface area (TPSA) is 47.8 Å². The molecule has 0 bridgehead atoms. The van der Waals surface area contributed by atoms with E-state index in [9.17, 15) is 4.79 Å². The van der Waals surface area contributed by atoms with Gasteiger partial charge >= 0.3 is 0 Å². The number of rotatable bonds is 4. The highest BCUT2D eigenvalue weighted by Crippen LogP contribution is 2.25. The summed E-state index contributed by atoms with van der Waals surface area (Å²) in [7, 11) is 0. The van der Waals surface area contributed by atoms with Gasteiger partial charge in [-0.15, -0.1) is 5.10 Å². The van der Waals surface area contributed by atoms with E-state index < -0.39 is 0 Å². The van der Waals surface area contributed by atoms with Gasteiger partial charge in [0, 0.05) is 6.42 Å².